The number of carbonyl (C=O) groups is 1. The number of amides is 1. The highest BCUT2D eigenvalue weighted by Crippen LogP contribution is 2.52. The molecule has 20 heavy (non-hydrogen) atoms. The SMILES string of the molecule is COC(OC)c1ccc2c(n1)N(C(=O)O)C1CC2(O)C1. The van der Waals surface area contributed by atoms with Gasteiger partial charge in [0.15, 0.2) is 0 Å². The van der Waals surface area contributed by atoms with Crippen LogP contribution in [0.1, 0.15) is 30.4 Å². The average molecular weight is 280 g/mol. The zero-order valence-electron chi connectivity index (χ0n) is 11.2. The third-order valence-electron chi connectivity index (χ3n) is 4.01. The molecule has 1 aromatic rings. The molecule has 7 heteroatoms. The number of aliphatic hydroxyl groups is 1. The van der Waals surface area contributed by atoms with Gasteiger partial charge in [0.1, 0.15) is 5.82 Å². The smallest absolute Gasteiger partial charge is 0.413 e. The van der Waals surface area contributed by atoms with E-state index in [4.69, 9.17) is 9.47 Å². The number of ether oxygens (including phenoxy) is 2. The number of pyridine rings is 1. The molecule has 1 aliphatic carbocycles. The first kappa shape index (κ1) is 13.3. The molecule has 4 rings (SSSR count). The van der Waals surface area contributed by atoms with Gasteiger partial charge in [-0.1, -0.05) is 6.07 Å². The number of methoxy groups -OCH3 is 2. The number of aromatic nitrogens is 1. The van der Waals surface area contributed by atoms with E-state index in [1.165, 1.54) is 19.1 Å². The second-order valence-corrected chi connectivity index (χ2v) is 5.16. The molecule has 2 aliphatic heterocycles. The van der Waals surface area contributed by atoms with E-state index in [0.29, 0.717) is 24.1 Å². The fourth-order valence-corrected chi connectivity index (χ4v) is 3.02. The summed E-state index contributed by atoms with van der Waals surface area (Å²) in [6.07, 6.45) is -0.880. The lowest BCUT2D eigenvalue weighted by Crippen LogP contribution is -2.60. The first-order valence-corrected chi connectivity index (χ1v) is 6.31. The highest BCUT2D eigenvalue weighted by molar-refractivity contribution is 5.88. The van der Waals surface area contributed by atoms with Crippen molar-refractivity contribution in [2.45, 2.75) is 30.8 Å². The average Bonchev–Trinajstić information content (AvgIpc) is 2.38. The minimum Gasteiger partial charge on any atom is -0.465 e. The van der Waals surface area contributed by atoms with E-state index < -0.39 is 18.0 Å². The first-order valence-electron chi connectivity index (χ1n) is 6.31. The van der Waals surface area contributed by atoms with Crippen molar-refractivity contribution >= 4 is 11.9 Å². The van der Waals surface area contributed by atoms with Gasteiger partial charge in [0.25, 0.3) is 0 Å². The first-order chi connectivity index (χ1) is 9.50. The van der Waals surface area contributed by atoms with Crippen molar-refractivity contribution in [3.05, 3.63) is 23.4 Å². The maximum atomic E-state index is 11.4. The second kappa shape index (κ2) is 4.41. The normalized spacial score (nSPS) is 27.2. The topological polar surface area (TPSA) is 92.1 Å². The van der Waals surface area contributed by atoms with Crippen molar-refractivity contribution in [1.82, 2.24) is 4.98 Å². The molecule has 0 saturated heterocycles. The van der Waals surface area contributed by atoms with Crippen LogP contribution in [0.2, 0.25) is 0 Å². The van der Waals surface area contributed by atoms with Crippen LogP contribution >= 0.6 is 0 Å². The van der Waals surface area contributed by atoms with Gasteiger partial charge in [-0.25, -0.2) is 9.78 Å². The fourth-order valence-electron chi connectivity index (χ4n) is 3.02. The van der Waals surface area contributed by atoms with Crippen LogP contribution in [0.5, 0.6) is 0 Å². The minimum absolute atomic E-state index is 0.212. The fraction of sp³-hybridized carbons (Fsp3) is 0.538. The van der Waals surface area contributed by atoms with E-state index in [9.17, 15) is 15.0 Å². The van der Waals surface area contributed by atoms with Crippen LogP contribution in [-0.4, -0.2) is 41.6 Å². The van der Waals surface area contributed by atoms with Crippen LogP contribution in [0.25, 0.3) is 0 Å². The number of anilines is 1. The summed E-state index contributed by atoms with van der Waals surface area (Å²) < 4.78 is 10.2. The summed E-state index contributed by atoms with van der Waals surface area (Å²) in [7, 11) is 2.96. The molecule has 1 saturated carbocycles. The Hall–Kier alpha value is -1.70. The van der Waals surface area contributed by atoms with Gasteiger partial charge in [-0.15, -0.1) is 0 Å². The number of carboxylic acid groups (broad SMARTS) is 1. The molecule has 3 aliphatic rings. The van der Waals surface area contributed by atoms with Crippen LogP contribution in [0.4, 0.5) is 10.6 Å². The van der Waals surface area contributed by atoms with E-state index in [0.717, 1.165) is 0 Å². The molecule has 3 heterocycles. The summed E-state index contributed by atoms with van der Waals surface area (Å²) in [4.78, 5) is 17.0. The molecule has 2 bridgehead atoms. The molecule has 0 atom stereocenters. The van der Waals surface area contributed by atoms with Crippen LogP contribution in [0.15, 0.2) is 12.1 Å². The zero-order chi connectivity index (χ0) is 14.5. The Morgan fingerprint density at radius 3 is 2.65 bits per heavy atom. The van der Waals surface area contributed by atoms with Gasteiger partial charge >= 0.3 is 6.09 Å². The molecular formula is C13H16N2O5. The Morgan fingerprint density at radius 2 is 2.10 bits per heavy atom. The van der Waals surface area contributed by atoms with Crippen molar-refractivity contribution in [3.63, 3.8) is 0 Å². The van der Waals surface area contributed by atoms with Crippen LogP contribution < -0.4 is 4.90 Å². The molecule has 0 radical (unpaired) electrons. The zero-order valence-corrected chi connectivity index (χ0v) is 11.2. The number of hydrogen-bond acceptors (Lipinski definition) is 5. The van der Waals surface area contributed by atoms with Crippen LogP contribution in [-0.2, 0) is 15.1 Å². The Kier molecular flexibility index (Phi) is 2.93. The summed E-state index contributed by atoms with van der Waals surface area (Å²) in [5.41, 5.74) is 0.0784. The Balaban J connectivity index is 2.08. The monoisotopic (exact) mass is 280 g/mol. The molecular weight excluding hydrogens is 264 g/mol. The van der Waals surface area contributed by atoms with Crippen molar-refractivity contribution in [3.8, 4) is 0 Å². The van der Waals surface area contributed by atoms with Gasteiger partial charge in [0.05, 0.1) is 11.3 Å². The molecule has 0 spiro atoms. The lowest BCUT2D eigenvalue weighted by atomic mass is 9.67. The van der Waals surface area contributed by atoms with Gasteiger partial charge < -0.3 is 19.7 Å². The summed E-state index contributed by atoms with van der Waals surface area (Å²) >= 11 is 0. The predicted octanol–water partition coefficient (Wildman–Crippen LogP) is 1.22. The number of nitrogens with zero attached hydrogens (tertiary/aromatic N) is 2. The Morgan fingerprint density at radius 1 is 1.45 bits per heavy atom. The highest BCUT2D eigenvalue weighted by Gasteiger charge is 2.55. The van der Waals surface area contributed by atoms with Gasteiger partial charge in [-0.05, 0) is 6.07 Å². The molecule has 1 aromatic heterocycles. The van der Waals surface area contributed by atoms with Crippen LogP contribution in [0, 0.1) is 0 Å². The Bertz CT molecular complexity index is 552. The third kappa shape index (κ3) is 1.71. The summed E-state index contributed by atoms with van der Waals surface area (Å²) in [5, 5.41) is 19.8. The van der Waals surface area contributed by atoms with Crippen molar-refractivity contribution in [2.75, 3.05) is 19.1 Å². The quantitative estimate of drug-likeness (QED) is 0.809. The Labute approximate surface area is 115 Å². The number of hydrogen-bond donors (Lipinski definition) is 2. The maximum absolute atomic E-state index is 11.4. The molecule has 0 aromatic carbocycles. The molecule has 1 amide bonds. The summed E-state index contributed by atoms with van der Waals surface area (Å²) in [6, 6.07) is 3.18. The molecule has 0 unspecified atom stereocenters. The number of rotatable bonds is 3. The van der Waals surface area contributed by atoms with Gasteiger partial charge in [0.2, 0.25) is 6.29 Å². The van der Waals surface area contributed by atoms with Gasteiger partial charge in [-0.3, -0.25) is 4.90 Å². The lowest BCUT2D eigenvalue weighted by molar-refractivity contribution is -0.109. The second-order valence-electron chi connectivity index (χ2n) is 5.16. The lowest BCUT2D eigenvalue weighted by Gasteiger charge is -2.53. The van der Waals surface area contributed by atoms with Crippen molar-refractivity contribution in [2.24, 2.45) is 0 Å². The maximum Gasteiger partial charge on any atom is 0.413 e. The summed E-state index contributed by atoms with van der Waals surface area (Å²) in [5.74, 6) is 0.277. The third-order valence-corrected chi connectivity index (χ3v) is 4.01. The molecule has 1 fully saturated rings. The van der Waals surface area contributed by atoms with Crippen LogP contribution in [0.3, 0.4) is 0 Å². The van der Waals surface area contributed by atoms with Gasteiger partial charge in [0, 0.05) is 38.7 Å². The standard InChI is InChI=1S/C13H16N2O5/c1-19-11(20-2)9-4-3-8-10(14-9)15(12(16)17)7-5-13(8,18)6-7/h3-4,7,11,18H,5-6H2,1-2H3,(H,16,17). The van der Waals surface area contributed by atoms with Crippen molar-refractivity contribution < 1.29 is 24.5 Å². The van der Waals surface area contributed by atoms with E-state index in [1.54, 1.807) is 12.1 Å². The molecule has 108 valence electrons. The molecule has 7 nitrogen and oxygen atoms in total. The summed E-state index contributed by atoms with van der Waals surface area (Å²) in [6.45, 7) is 0. The van der Waals surface area contributed by atoms with E-state index in [-0.39, 0.29) is 11.9 Å². The predicted molar refractivity (Wildman–Crippen MR) is 68.4 cm³/mol. The minimum atomic E-state index is -1.06. The highest BCUT2D eigenvalue weighted by atomic mass is 16.7. The largest absolute Gasteiger partial charge is 0.465 e. The van der Waals surface area contributed by atoms with E-state index in [2.05, 4.69) is 4.98 Å². The van der Waals surface area contributed by atoms with E-state index >= 15 is 0 Å². The van der Waals surface area contributed by atoms with Crippen molar-refractivity contribution in [1.29, 1.82) is 0 Å². The van der Waals surface area contributed by atoms with Gasteiger partial charge in [-0.2, -0.15) is 0 Å². The van der Waals surface area contributed by atoms with E-state index in [1.807, 2.05) is 0 Å². The molecule has 2 N–H and O–H groups in total.